The van der Waals surface area contributed by atoms with Crippen LogP contribution < -0.4 is 5.56 Å². The lowest BCUT2D eigenvalue weighted by atomic mass is 10.1. The zero-order valence-electron chi connectivity index (χ0n) is 16.5. The van der Waals surface area contributed by atoms with Gasteiger partial charge in [0.05, 0.1) is 25.5 Å². The zero-order valence-corrected chi connectivity index (χ0v) is 17.4. The summed E-state index contributed by atoms with van der Waals surface area (Å²) in [4.78, 5) is 24.8. The minimum Gasteiger partial charge on any atom is -0.342 e. The van der Waals surface area contributed by atoms with Crippen molar-refractivity contribution in [3.05, 3.63) is 63.2 Å². The molecule has 152 valence electrons. The Labute approximate surface area is 168 Å². The quantitative estimate of drug-likeness (QED) is 0.600. The number of nitrogens with zero attached hydrogens (tertiary/aromatic N) is 4. The molecule has 9 heteroatoms. The van der Waals surface area contributed by atoms with Gasteiger partial charge >= 0.3 is 0 Å². The molecule has 0 N–H and O–H groups in total. The third kappa shape index (κ3) is 3.40. The average molecular weight is 414 g/mol. The molecule has 1 aliphatic rings. The normalized spacial score (nSPS) is 14.9. The summed E-state index contributed by atoms with van der Waals surface area (Å²) in [5, 5.41) is 5.11. The lowest BCUT2D eigenvalue weighted by Crippen LogP contribution is -2.35. The summed E-state index contributed by atoms with van der Waals surface area (Å²) in [5.74, 6) is -0.0341. The third-order valence-corrected chi connectivity index (χ3v) is 6.75. The molecule has 0 spiro atoms. The molecule has 8 nitrogen and oxygen atoms in total. The van der Waals surface area contributed by atoms with Crippen molar-refractivity contribution in [2.75, 3.05) is 12.8 Å². The fraction of sp³-hybridized carbons (Fsp3) is 0.350. The summed E-state index contributed by atoms with van der Waals surface area (Å²) in [7, 11) is -1.51. The van der Waals surface area contributed by atoms with E-state index in [1.807, 2.05) is 6.07 Å². The van der Waals surface area contributed by atoms with E-state index < -0.39 is 10.0 Å². The van der Waals surface area contributed by atoms with Crippen molar-refractivity contribution in [1.29, 1.82) is 0 Å². The summed E-state index contributed by atoms with van der Waals surface area (Å²) in [5.41, 5.74) is 3.49. The topological polar surface area (TPSA) is 94.3 Å². The Morgan fingerprint density at radius 3 is 2.72 bits per heavy atom. The number of aromatic nitrogens is 3. The van der Waals surface area contributed by atoms with Gasteiger partial charge in [-0.25, -0.2) is 13.1 Å². The van der Waals surface area contributed by atoms with E-state index in [1.165, 1.54) is 22.2 Å². The van der Waals surface area contributed by atoms with Gasteiger partial charge in [0, 0.05) is 30.2 Å². The molecule has 0 fully saturated rings. The van der Waals surface area contributed by atoms with Crippen LogP contribution in [0.1, 0.15) is 34.1 Å². The molecule has 2 aromatic heterocycles. The standard InChI is InChI=1S/C20H22N4O4S/c1-13(25)15-6-4-5-14(9-15)11-24-20(26)19-17(10-21-24)16-7-8-23(29(3,27)28)12-18(16)22(19)2/h4-6,9-10H,7-8,11-12H2,1-3H3. The number of carbonyl (C=O) groups is 1. The summed E-state index contributed by atoms with van der Waals surface area (Å²) in [6.07, 6.45) is 3.43. The van der Waals surface area contributed by atoms with E-state index in [0.717, 1.165) is 22.2 Å². The molecule has 0 amide bonds. The highest BCUT2D eigenvalue weighted by atomic mass is 32.2. The highest BCUT2D eigenvalue weighted by Crippen LogP contribution is 2.28. The van der Waals surface area contributed by atoms with Crippen molar-refractivity contribution in [2.24, 2.45) is 7.05 Å². The van der Waals surface area contributed by atoms with Crippen molar-refractivity contribution in [3.8, 4) is 0 Å². The van der Waals surface area contributed by atoms with Gasteiger partial charge < -0.3 is 4.57 Å². The minimum absolute atomic E-state index is 0.0341. The highest BCUT2D eigenvalue weighted by Gasteiger charge is 2.28. The minimum atomic E-state index is -3.30. The molecule has 0 atom stereocenters. The van der Waals surface area contributed by atoms with Crippen LogP contribution in [-0.2, 0) is 36.6 Å². The Kier molecular flexibility index (Phi) is 4.66. The first-order chi connectivity index (χ1) is 13.7. The van der Waals surface area contributed by atoms with E-state index in [9.17, 15) is 18.0 Å². The van der Waals surface area contributed by atoms with Gasteiger partial charge in [0.2, 0.25) is 10.0 Å². The maximum absolute atomic E-state index is 13.1. The number of Topliss-reactive ketones (excluding diaryl/α,β-unsaturated/α-hetero) is 1. The Bertz CT molecular complexity index is 1300. The van der Waals surface area contributed by atoms with Crippen LogP contribution in [0.4, 0.5) is 0 Å². The molecule has 0 unspecified atom stereocenters. The molecule has 0 saturated carbocycles. The number of hydrogen-bond donors (Lipinski definition) is 0. The first kappa shape index (κ1) is 19.5. The maximum atomic E-state index is 13.1. The number of aryl methyl sites for hydroxylation is 1. The Balaban J connectivity index is 1.78. The number of sulfonamides is 1. The van der Waals surface area contributed by atoms with Crippen LogP contribution in [0.5, 0.6) is 0 Å². The Hall–Kier alpha value is -2.78. The van der Waals surface area contributed by atoms with Crippen LogP contribution >= 0.6 is 0 Å². The average Bonchev–Trinajstić information content (AvgIpc) is 2.96. The lowest BCUT2D eigenvalue weighted by Gasteiger charge is -2.25. The van der Waals surface area contributed by atoms with E-state index in [-0.39, 0.29) is 24.4 Å². The molecule has 0 bridgehead atoms. The molecule has 0 saturated heterocycles. The Morgan fingerprint density at radius 2 is 2.03 bits per heavy atom. The maximum Gasteiger partial charge on any atom is 0.291 e. The van der Waals surface area contributed by atoms with Crippen LogP contribution in [0.3, 0.4) is 0 Å². The molecular weight excluding hydrogens is 392 g/mol. The highest BCUT2D eigenvalue weighted by molar-refractivity contribution is 7.88. The van der Waals surface area contributed by atoms with Gasteiger partial charge in [-0.3, -0.25) is 9.59 Å². The number of fused-ring (bicyclic) bond motifs is 3. The molecule has 3 heterocycles. The molecule has 1 aliphatic heterocycles. The summed E-state index contributed by atoms with van der Waals surface area (Å²) >= 11 is 0. The van der Waals surface area contributed by atoms with E-state index in [2.05, 4.69) is 5.10 Å². The summed E-state index contributed by atoms with van der Waals surface area (Å²) < 4.78 is 28.5. The molecule has 0 aliphatic carbocycles. The van der Waals surface area contributed by atoms with Crippen LogP contribution in [0.25, 0.3) is 10.9 Å². The number of hydrogen-bond acceptors (Lipinski definition) is 5. The van der Waals surface area contributed by atoms with Crippen LogP contribution in [-0.4, -0.2) is 45.7 Å². The molecule has 29 heavy (non-hydrogen) atoms. The molecule has 1 aromatic carbocycles. The van der Waals surface area contributed by atoms with Gasteiger partial charge in [-0.1, -0.05) is 18.2 Å². The van der Waals surface area contributed by atoms with E-state index in [4.69, 9.17) is 0 Å². The number of carbonyl (C=O) groups excluding carboxylic acids is 1. The zero-order chi connectivity index (χ0) is 20.9. The van der Waals surface area contributed by atoms with Gasteiger partial charge in [0.1, 0.15) is 5.52 Å². The number of benzene rings is 1. The van der Waals surface area contributed by atoms with E-state index in [0.29, 0.717) is 24.0 Å². The second-order valence-corrected chi connectivity index (χ2v) is 9.44. The van der Waals surface area contributed by atoms with Crippen molar-refractivity contribution in [2.45, 2.75) is 26.4 Å². The molecular formula is C20H22N4O4S. The van der Waals surface area contributed by atoms with E-state index in [1.54, 1.807) is 36.0 Å². The first-order valence-corrected chi connectivity index (χ1v) is 11.1. The van der Waals surface area contributed by atoms with Crippen molar-refractivity contribution in [3.63, 3.8) is 0 Å². The van der Waals surface area contributed by atoms with Gasteiger partial charge in [-0.15, -0.1) is 0 Å². The second-order valence-electron chi connectivity index (χ2n) is 7.46. The predicted molar refractivity (Wildman–Crippen MR) is 109 cm³/mol. The predicted octanol–water partition coefficient (Wildman–Crippen LogP) is 1.30. The number of rotatable bonds is 4. The van der Waals surface area contributed by atoms with Gasteiger partial charge in [-0.05, 0) is 30.5 Å². The largest absolute Gasteiger partial charge is 0.342 e. The second kappa shape index (κ2) is 6.93. The third-order valence-electron chi connectivity index (χ3n) is 5.50. The molecule has 0 radical (unpaired) electrons. The van der Waals surface area contributed by atoms with Crippen LogP contribution in [0.15, 0.2) is 35.3 Å². The van der Waals surface area contributed by atoms with Crippen molar-refractivity contribution >= 4 is 26.7 Å². The fourth-order valence-electron chi connectivity index (χ4n) is 3.94. The first-order valence-electron chi connectivity index (χ1n) is 9.28. The monoisotopic (exact) mass is 414 g/mol. The molecule has 3 aromatic rings. The summed E-state index contributed by atoms with van der Waals surface area (Å²) in [6, 6.07) is 7.14. The lowest BCUT2D eigenvalue weighted by molar-refractivity contribution is 0.101. The Morgan fingerprint density at radius 1 is 1.28 bits per heavy atom. The fourth-order valence-corrected chi connectivity index (χ4v) is 4.72. The SMILES string of the molecule is CC(=O)c1cccc(Cn2ncc3c4c(n(C)c3c2=O)CN(S(C)(=O)=O)CC4)c1. The van der Waals surface area contributed by atoms with Crippen LogP contribution in [0, 0.1) is 0 Å². The van der Waals surface area contributed by atoms with Crippen molar-refractivity contribution in [1.82, 2.24) is 18.7 Å². The van der Waals surface area contributed by atoms with Gasteiger partial charge in [0.15, 0.2) is 5.78 Å². The van der Waals surface area contributed by atoms with E-state index >= 15 is 0 Å². The summed E-state index contributed by atoms with van der Waals surface area (Å²) in [6.45, 7) is 2.40. The van der Waals surface area contributed by atoms with Crippen molar-refractivity contribution < 1.29 is 13.2 Å². The number of ketones is 1. The molecule has 4 rings (SSSR count). The van der Waals surface area contributed by atoms with Gasteiger partial charge in [0.25, 0.3) is 5.56 Å². The van der Waals surface area contributed by atoms with Gasteiger partial charge in [-0.2, -0.15) is 9.40 Å². The smallest absolute Gasteiger partial charge is 0.291 e. The van der Waals surface area contributed by atoms with Crippen LogP contribution in [0.2, 0.25) is 0 Å².